The summed E-state index contributed by atoms with van der Waals surface area (Å²) in [6.45, 7) is 1.99. The van der Waals surface area contributed by atoms with Crippen molar-refractivity contribution in [2.75, 3.05) is 26.4 Å². The van der Waals surface area contributed by atoms with Crippen molar-refractivity contribution in [2.24, 2.45) is 0 Å². The van der Waals surface area contributed by atoms with Crippen LogP contribution < -0.4 is 10.6 Å². The molecule has 0 bridgehead atoms. The van der Waals surface area contributed by atoms with Crippen LogP contribution in [0.4, 0.5) is 0 Å². The lowest BCUT2D eigenvalue weighted by Gasteiger charge is -2.50. The van der Waals surface area contributed by atoms with Crippen molar-refractivity contribution in [1.29, 1.82) is 0 Å². The summed E-state index contributed by atoms with van der Waals surface area (Å²) in [6.07, 6.45) is -1.41. The lowest BCUT2D eigenvalue weighted by Crippen LogP contribution is -2.70. The maximum absolute atomic E-state index is 13.2. The second-order valence-electron chi connectivity index (χ2n) is 20.4. The molecule has 3 aliphatic heterocycles. The van der Waals surface area contributed by atoms with Crippen LogP contribution in [-0.4, -0.2) is 215 Å². The van der Waals surface area contributed by atoms with Crippen molar-refractivity contribution >= 4 is 17.8 Å². The van der Waals surface area contributed by atoms with E-state index in [1.807, 2.05) is 6.08 Å². The monoisotopic (exact) mass is 1090 g/mol. The molecule has 0 saturated carbocycles. The molecule has 3 fully saturated rings. The fraction of sp³-hybridized carbons (Fsp3) is 0.868. The van der Waals surface area contributed by atoms with Gasteiger partial charge in [0.2, 0.25) is 11.8 Å². The first-order chi connectivity index (χ1) is 36.4. The Balaban J connectivity index is 1.73. The van der Waals surface area contributed by atoms with Crippen LogP contribution in [0.1, 0.15) is 156 Å². The summed E-state index contributed by atoms with van der Waals surface area (Å²) in [5, 5.41) is 135. The van der Waals surface area contributed by atoms with Crippen molar-refractivity contribution < 1.29 is 104 Å². The minimum atomic E-state index is -3.08. The van der Waals surface area contributed by atoms with Gasteiger partial charge in [-0.3, -0.25) is 9.59 Å². The van der Waals surface area contributed by atoms with Gasteiger partial charge in [0.25, 0.3) is 5.79 Å². The fourth-order valence-electron chi connectivity index (χ4n) is 9.57. The molecule has 0 spiro atoms. The zero-order valence-corrected chi connectivity index (χ0v) is 44.8. The molecule has 0 aromatic carbocycles. The van der Waals surface area contributed by atoms with Gasteiger partial charge in [0.1, 0.15) is 67.1 Å². The average Bonchev–Trinajstić information content (AvgIpc) is 3.41. The van der Waals surface area contributed by atoms with Gasteiger partial charge >= 0.3 is 5.97 Å². The number of carboxylic acid groups (broad SMARTS) is 1. The van der Waals surface area contributed by atoms with Crippen molar-refractivity contribution in [3.05, 3.63) is 24.3 Å². The average molecular weight is 1100 g/mol. The quantitative estimate of drug-likeness (QED) is 0.0297. The SMILES string of the molecule is CCCC/C=C\CCCCCCC(=O)NC(COC1OC(CO)C(OC2OC(CO)C(O)C(OC3(C(=O)O)CC(O)C(NC(C)=O)C(C(O)C(O)CO)O3)C2O)C(O)C1O)C(O)/C=C/CCCCCCCCCCCC. The van der Waals surface area contributed by atoms with Crippen LogP contribution in [0, 0.1) is 0 Å². The molecule has 23 heteroatoms. The van der Waals surface area contributed by atoms with Gasteiger partial charge in [0.15, 0.2) is 12.6 Å². The van der Waals surface area contributed by atoms with E-state index in [4.69, 9.17) is 28.4 Å². The van der Waals surface area contributed by atoms with E-state index in [-0.39, 0.29) is 12.3 Å². The van der Waals surface area contributed by atoms with Gasteiger partial charge in [-0.1, -0.05) is 122 Å². The molecular formula is C53H94N2O21. The highest BCUT2D eigenvalue weighted by Gasteiger charge is 2.60. The van der Waals surface area contributed by atoms with Crippen LogP contribution in [0.25, 0.3) is 0 Å². The molecular weight excluding hydrogens is 1000 g/mol. The minimum Gasteiger partial charge on any atom is -0.477 e. The number of nitrogens with one attached hydrogen (secondary N) is 2. The lowest BCUT2D eigenvalue weighted by atomic mass is 9.88. The number of carbonyl (C=O) groups is 3. The van der Waals surface area contributed by atoms with E-state index in [9.17, 15) is 75.7 Å². The van der Waals surface area contributed by atoms with E-state index in [0.29, 0.717) is 12.8 Å². The number of rotatable bonds is 38. The van der Waals surface area contributed by atoms with Crippen molar-refractivity contribution in [2.45, 2.75) is 265 Å². The predicted molar refractivity (Wildman–Crippen MR) is 274 cm³/mol. The summed E-state index contributed by atoms with van der Waals surface area (Å²) >= 11 is 0. The Kier molecular flexibility index (Phi) is 32.4. The smallest absolute Gasteiger partial charge is 0.364 e. The molecule has 3 heterocycles. The third-order valence-corrected chi connectivity index (χ3v) is 14.1. The van der Waals surface area contributed by atoms with Gasteiger partial charge in [-0.05, 0) is 38.5 Å². The van der Waals surface area contributed by atoms with E-state index in [1.54, 1.807) is 6.08 Å². The Morgan fingerprint density at radius 1 is 0.684 bits per heavy atom. The first-order valence-corrected chi connectivity index (χ1v) is 27.7. The van der Waals surface area contributed by atoms with E-state index >= 15 is 0 Å². The molecule has 76 heavy (non-hydrogen) atoms. The van der Waals surface area contributed by atoms with Crippen molar-refractivity contribution in [3.8, 4) is 0 Å². The van der Waals surface area contributed by atoms with Gasteiger partial charge in [-0.15, -0.1) is 0 Å². The maximum atomic E-state index is 13.2. The molecule has 0 aromatic rings. The number of aliphatic hydroxyl groups excluding tert-OH is 11. The minimum absolute atomic E-state index is 0.184. The molecule has 0 aromatic heterocycles. The molecule has 14 N–H and O–H groups in total. The summed E-state index contributed by atoms with van der Waals surface area (Å²) in [7, 11) is 0. The highest BCUT2D eigenvalue weighted by molar-refractivity contribution is 5.77. The first kappa shape index (κ1) is 67.5. The van der Waals surface area contributed by atoms with Gasteiger partial charge in [-0.2, -0.15) is 0 Å². The Hall–Kier alpha value is -2.79. The maximum Gasteiger partial charge on any atom is 0.364 e. The Morgan fingerprint density at radius 3 is 1.83 bits per heavy atom. The summed E-state index contributed by atoms with van der Waals surface area (Å²) in [6, 6.07) is -2.62. The Labute approximate surface area is 447 Å². The zero-order chi connectivity index (χ0) is 56.2. The highest BCUT2D eigenvalue weighted by Crippen LogP contribution is 2.38. The van der Waals surface area contributed by atoms with Crippen LogP contribution in [0.15, 0.2) is 24.3 Å². The third kappa shape index (κ3) is 21.7. The van der Waals surface area contributed by atoms with Crippen molar-refractivity contribution in [1.82, 2.24) is 10.6 Å². The molecule has 442 valence electrons. The Morgan fingerprint density at radius 2 is 1.25 bits per heavy atom. The van der Waals surface area contributed by atoms with E-state index in [1.165, 1.54) is 44.9 Å². The zero-order valence-electron chi connectivity index (χ0n) is 44.8. The normalized spacial score (nSPS) is 31.8. The van der Waals surface area contributed by atoms with Gasteiger partial charge in [0, 0.05) is 19.8 Å². The Bertz CT molecular complexity index is 1680. The highest BCUT2D eigenvalue weighted by atomic mass is 16.8. The number of amides is 2. The topological polar surface area (TPSA) is 373 Å². The third-order valence-electron chi connectivity index (χ3n) is 14.1. The lowest BCUT2D eigenvalue weighted by molar-refractivity contribution is -0.386. The van der Waals surface area contributed by atoms with Gasteiger partial charge in [-0.25, -0.2) is 4.79 Å². The number of carbonyl (C=O) groups excluding carboxylic acids is 2. The number of hydrogen-bond acceptors (Lipinski definition) is 20. The summed E-state index contributed by atoms with van der Waals surface area (Å²) in [5.74, 6) is -6.16. The van der Waals surface area contributed by atoms with Crippen LogP contribution in [0.3, 0.4) is 0 Å². The number of aliphatic carboxylic acids is 1. The second kappa shape index (κ2) is 36.5. The van der Waals surface area contributed by atoms with Gasteiger partial charge in [0.05, 0.1) is 50.7 Å². The number of allylic oxidation sites excluding steroid dienone is 3. The predicted octanol–water partition coefficient (Wildman–Crippen LogP) is 0.601. The number of ether oxygens (including phenoxy) is 6. The summed E-state index contributed by atoms with van der Waals surface area (Å²) < 4.78 is 34.5. The molecule has 0 radical (unpaired) electrons. The van der Waals surface area contributed by atoms with Crippen LogP contribution in [0.2, 0.25) is 0 Å². The molecule has 23 nitrogen and oxygen atoms in total. The molecule has 0 aliphatic carbocycles. The van der Waals surface area contributed by atoms with Crippen LogP contribution in [-0.2, 0) is 42.8 Å². The fourth-order valence-corrected chi connectivity index (χ4v) is 9.57. The number of unbranched alkanes of at least 4 members (excludes halogenated alkanes) is 16. The molecule has 18 unspecified atom stereocenters. The van der Waals surface area contributed by atoms with E-state index in [2.05, 4.69) is 36.6 Å². The number of aliphatic hydroxyl groups is 11. The molecule has 2 amide bonds. The van der Waals surface area contributed by atoms with Crippen LogP contribution >= 0.6 is 0 Å². The largest absolute Gasteiger partial charge is 0.477 e. The second-order valence-corrected chi connectivity index (χ2v) is 20.4. The first-order valence-electron chi connectivity index (χ1n) is 27.7. The number of hydrogen-bond donors (Lipinski definition) is 14. The summed E-state index contributed by atoms with van der Waals surface area (Å²) in [5.41, 5.74) is 0. The summed E-state index contributed by atoms with van der Waals surface area (Å²) in [4.78, 5) is 38.2. The molecule has 3 saturated heterocycles. The van der Waals surface area contributed by atoms with Gasteiger partial charge < -0.3 is 100 Å². The number of carboxylic acids is 1. The standard InChI is InChI=1S/C53H94N2O21/c1-4-6-8-10-12-14-16-17-18-20-22-24-26-35(60)34(55-40(63)27-25-23-21-19-15-13-11-9-7-5-2)32-71-50-45(67)44(66)47(39(31-58)73-50)74-51-46(68)49(43(65)38(30-57)72-51)76-53(52(69)70)28-36(61)41(54-33(3)59)48(75-53)42(64)37(62)29-56/h11,13,24,26,34-39,41-51,56-58,60-62,64-68H,4-10,12,14-23,25,27-32H2,1-3H3,(H,54,59)(H,55,63)(H,69,70)/b13-11-,26-24+. The van der Waals surface area contributed by atoms with Crippen LogP contribution in [0.5, 0.6) is 0 Å². The van der Waals surface area contributed by atoms with Crippen molar-refractivity contribution in [3.63, 3.8) is 0 Å². The molecule has 3 rings (SSSR count). The van der Waals surface area contributed by atoms with E-state index in [0.717, 1.165) is 71.1 Å². The molecule has 3 aliphatic rings. The molecule has 18 atom stereocenters. The van der Waals surface area contributed by atoms with E-state index < -0.39 is 155 Å².